The summed E-state index contributed by atoms with van der Waals surface area (Å²) in [6.45, 7) is 1.67. The van der Waals surface area contributed by atoms with E-state index in [4.69, 9.17) is 4.74 Å². The molecule has 0 spiro atoms. The summed E-state index contributed by atoms with van der Waals surface area (Å²) >= 11 is 3.02. The van der Waals surface area contributed by atoms with Crippen LogP contribution in [0, 0.1) is 18.6 Å². The predicted octanol–water partition coefficient (Wildman–Crippen LogP) is 2.89. The van der Waals surface area contributed by atoms with Gasteiger partial charge in [0.15, 0.2) is 17.4 Å². The standard InChI is InChI=1S/C16H13BrF2N4O2/c1-9-4-3-5-14(23-16(24)22(2)20-21-23)11(9)8-25-15-12(18)6-10(17)7-13(15)19/h3-7H,8H2,1-2H3. The molecule has 9 heteroatoms. The molecule has 1 aromatic heterocycles. The van der Waals surface area contributed by atoms with Crippen molar-refractivity contribution in [1.82, 2.24) is 19.8 Å². The van der Waals surface area contributed by atoms with Crippen LogP contribution in [0.1, 0.15) is 11.1 Å². The van der Waals surface area contributed by atoms with E-state index in [0.717, 1.165) is 27.1 Å². The van der Waals surface area contributed by atoms with Crippen molar-refractivity contribution in [3.63, 3.8) is 0 Å². The Morgan fingerprint density at radius 2 is 1.88 bits per heavy atom. The second-order valence-electron chi connectivity index (χ2n) is 5.36. The lowest BCUT2D eigenvalue weighted by Crippen LogP contribution is -2.23. The SMILES string of the molecule is Cc1cccc(-n2nnn(C)c2=O)c1COc1c(F)cc(Br)cc1F. The minimum Gasteiger partial charge on any atom is -0.483 e. The molecule has 0 saturated heterocycles. The molecule has 0 amide bonds. The summed E-state index contributed by atoms with van der Waals surface area (Å²) in [5, 5.41) is 7.47. The van der Waals surface area contributed by atoms with Crippen molar-refractivity contribution in [2.24, 2.45) is 7.05 Å². The topological polar surface area (TPSA) is 61.9 Å². The van der Waals surface area contributed by atoms with E-state index in [9.17, 15) is 13.6 Å². The fourth-order valence-corrected chi connectivity index (χ4v) is 2.75. The third-order valence-electron chi connectivity index (χ3n) is 3.66. The van der Waals surface area contributed by atoms with Crippen molar-refractivity contribution < 1.29 is 13.5 Å². The zero-order chi connectivity index (χ0) is 18.1. The Balaban J connectivity index is 1.99. The quantitative estimate of drug-likeness (QED) is 0.663. The first-order valence-electron chi connectivity index (χ1n) is 7.23. The molecule has 0 bridgehead atoms. The van der Waals surface area contributed by atoms with E-state index in [-0.39, 0.29) is 11.1 Å². The number of nitrogens with zero attached hydrogens (tertiary/aromatic N) is 4. The molecular weight excluding hydrogens is 398 g/mol. The van der Waals surface area contributed by atoms with Crippen LogP contribution in [-0.4, -0.2) is 19.8 Å². The summed E-state index contributed by atoms with van der Waals surface area (Å²) in [6.07, 6.45) is 0. The van der Waals surface area contributed by atoms with Crippen LogP contribution in [0.5, 0.6) is 5.75 Å². The number of rotatable bonds is 4. The molecule has 3 aromatic rings. The summed E-state index contributed by atoms with van der Waals surface area (Å²) in [4.78, 5) is 12.1. The van der Waals surface area contributed by atoms with Gasteiger partial charge in [0, 0.05) is 17.1 Å². The van der Waals surface area contributed by atoms with E-state index in [1.807, 2.05) is 0 Å². The highest BCUT2D eigenvalue weighted by Crippen LogP contribution is 2.27. The van der Waals surface area contributed by atoms with E-state index in [1.54, 1.807) is 25.1 Å². The van der Waals surface area contributed by atoms with Gasteiger partial charge >= 0.3 is 5.69 Å². The second-order valence-corrected chi connectivity index (χ2v) is 6.27. The van der Waals surface area contributed by atoms with Crippen LogP contribution in [0.2, 0.25) is 0 Å². The van der Waals surface area contributed by atoms with Gasteiger partial charge in [0.1, 0.15) is 6.61 Å². The van der Waals surface area contributed by atoms with Crippen LogP contribution in [0.4, 0.5) is 8.78 Å². The van der Waals surface area contributed by atoms with Crippen molar-refractivity contribution >= 4 is 15.9 Å². The number of hydrogen-bond donors (Lipinski definition) is 0. The fourth-order valence-electron chi connectivity index (χ4n) is 2.35. The lowest BCUT2D eigenvalue weighted by Gasteiger charge is -2.14. The number of benzene rings is 2. The molecule has 130 valence electrons. The van der Waals surface area contributed by atoms with Gasteiger partial charge in [-0.3, -0.25) is 0 Å². The molecule has 0 aliphatic carbocycles. The maximum atomic E-state index is 13.9. The first kappa shape index (κ1) is 17.3. The molecule has 0 saturated carbocycles. The Morgan fingerprint density at radius 1 is 1.20 bits per heavy atom. The Hall–Kier alpha value is -2.55. The summed E-state index contributed by atoms with van der Waals surface area (Å²) < 4.78 is 35.7. The Morgan fingerprint density at radius 3 is 2.48 bits per heavy atom. The van der Waals surface area contributed by atoms with E-state index in [2.05, 4.69) is 26.4 Å². The average molecular weight is 411 g/mol. The molecule has 6 nitrogen and oxygen atoms in total. The van der Waals surface area contributed by atoms with Crippen LogP contribution in [0.25, 0.3) is 5.69 Å². The van der Waals surface area contributed by atoms with Crippen LogP contribution in [-0.2, 0) is 13.7 Å². The zero-order valence-electron chi connectivity index (χ0n) is 13.3. The lowest BCUT2D eigenvalue weighted by atomic mass is 10.1. The van der Waals surface area contributed by atoms with Crippen LogP contribution in [0.15, 0.2) is 39.6 Å². The van der Waals surface area contributed by atoms with Gasteiger partial charge < -0.3 is 4.74 Å². The normalized spacial score (nSPS) is 10.9. The first-order chi connectivity index (χ1) is 11.9. The summed E-state index contributed by atoms with van der Waals surface area (Å²) in [5.41, 5.74) is 1.36. The number of halogens is 3. The Labute approximate surface area is 149 Å². The highest BCUT2D eigenvalue weighted by molar-refractivity contribution is 9.10. The van der Waals surface area contributed by atoms with E-state index in [0.29, 0.717) is 11.3 Å². The van der Waals surface area contributed by atoms with Gasteiger partial charge in [-0.1, -0.05) is 28.1 Å². The molecule has 0 atom stereocenters. The van der Waals surface area contributed by atoms with Crippen LogP contribution >= 0.6 is 15.9 Å². The van der Waals surface area contributed by atoms with Crippen molar-refractivity contribution in [1.29, 1.82) is 0 Å². The predicted molar refractivity (Wildman–Crippen MR) is 89.7 cm³/mol. The first-order valence-corrected chi connectivity index (χ1v) is 8.03. The minimum atomic E-state index is -0.821. The van der Waals surface area contributed by atoms with Crippen LogP contribution < -0.4 is 10.4 Å². The van der Waals surface area contributed by atoms with Crippen molar-refractivity contribution in [3.05, 3.63) is 68.1 Å². The van der Waals surface area contributed by atoms with E-state index < -0.39 is 23.1 Å². The highest BCUT2D eigenvalue weighted by atomic mass is 79.9. The summed E-state index contributed by atoms with van der Waals surface area (Å²) in [6, 6.07) is 7.44. The van der Waals surface area contributed by atoms with Crippen molar-refractivity contribution in [2.75, 3.05) is 0 Å². The van der Waals surface area contributed by atoms with Crippen molar-refractivity contribution in [3.8, 4) is 11.4 Å². The Kier molecular flexibility index (Phi) is 4.67. The summed E-state index contributed by atoms with van der Waals surface area (Å²) in [7, 11) is 1.48. The van der Waals surface area contributed by atoms with Gasteiger partial charge in [-0.25, -0.2) is 13.6 Å². The maximum Gasteiger partial charge on any atom is 0.368 e. The maximum absolute atomic E-state index is 13.9. The fraction of sp³-hybridized carbons (Fsp3) is 0.188. The number of hydrogen-bond acceptors (Lipinski definition) is 4. The largest absolute Gasteiger partial charge is 0.483 e. The van der Waals surface area contributed by atoms with Gasteiger partial charge in [0.05, 0.1) is 5.69 Å². The van der Waals surface area contributed by atoms with E-state index >= 15 is 0 Å². The monoisotopic (exact) mass is 410 g/mol. The molecule has 0 aliphatic heterocycles. The third-order valence-corrected chi connectivity index (χ3v) is 4.12. The smallest absolute Gasteiger partial charge is 0.368 e. The van der Waals surface area contributed by atoms with Gasteiger partial charge in [-0.05, 0) is 41.1 Å². The molecule has 1 heterocycles. The molecule has 0 aliphatic rings. The molecule has 0 radical (unpaired) electrons. The summed E-state index contributed by atoms with van der Waals surface area (Å²) in [5.74, 6) is -2.12. The van der Waals surface area contributed by atoms with Crippen LogP contribution in [0.3, 0.4) is 0 Å². The van der Waals surface area contributed by atoms with Gasteiger partial charge in [0.25, 0.3) is 0 Å². The molecule has 0 fully saturated rings. The molecule has 25 heavy (non-hydrogen) atoms. The van der Waals surface area contributed by atoms with Gasteiger partial charge in [0.2, 0.25) is 0 Å². The number of aryl methyl sites for hydroxylation is 2. The minimum absolute atomic E-state index is 0.138. The average Bonchev–Trinajstić information content (AvgIpc) is 2.87. The number of aromatic nitrogens is 4. The molecule has 0 N–H and O–H groups in total. The number of tetrazole rings is 1. The third kappa shape index (κ3) is 3.32. The van der Waals surface area contributed by atoms with Gasteiger partial charge in [-0.2, -0.15) is 9.36 Å². The number of ether oxygens (including phenoxy) is 1. The molecule has 2 aromatic carbocycles. The van der Waals surface area contributed by atoms with E-state index in [1.165, 1.54) is 7.05 Å². The molecule has 3 rings (SSSR count). The Bertz CT molecular complexity index is 977. The van der Waals surface area contributed by atoms with Gasteiger partial charge in [-0.15, -0.1) is 0 Å². The molecule has 0 unspecified atom stereocenters. The lowest BCUT2D eigenvalue weighted by molar-refractivity contribution is 0.273. The van der Waals surface area contributed by atoms with Crippen molar-refractivity contribution in [2.45, 2.75) is 13.5 Å². The molecular formula is C16H13BrF2N4O2. The second kappa shape index (κ2) is 6.75. The highest BCUT2D eigenvalue weighted by Gasteiger charge is 2.16. The zero-order valence-corrected chi connectivity index (χ0v) is 14.9.